The van der Waals surface area contributed by atoms with E-state index in [1.165, 1.54) is 11.1 Å². The van der Waals surface area contributed by atoms with Crippen molar-refractivity contribution >= 4 is 22.8 Å². The topological polar surface area (TPSA) is 70.7 Å². The molecule has 1 aliphatic rings. The fourth-order valence-corrected chi connectivity index (χ4v) is 2.84. The second kappa shape index (κ2) is 5.19. The van der Waals surface area contributed by atoms with Gasteiger partial charge in [0, 0.05) is 17.7 Å². The number of aromatic nitrogens is 3. The molecule has 2 heterocycles. The Kier molecular flexibility index (Phi) is 3.15. The SMILES string of the molecule is Cc1cc(C)cc(-c2nc3ccnc(NC(=O)C4CC4)c3[nH]2)c1. The fraction of sp³-hybridized carbons (Fsp3) is 0.278. The molecule has 3 aromatic rings. The minimum atomic E-state index is 0.0487. The molecule has 5 heteroatoms. The summed E-state index contributed by atoms with van der Waals surface area (Å²) in [4.78, 5) is 24.3. The summed E-state index contributed by atoms with van der Waals surface area (Å²) in [5.41, 5.74) is 5.01. The molecule has 0 unspecified atom stereocenters. The lowest BCUT2D eigenvalue weighted by Gasteiger charge is -2.03. The monoisotopic (exact) mass is 306 g/mol. The van der Waals surface area contributed by atoms with E-state index < -0.39 is 0 Å². The van der Waals surface area contributed by atoms with Crippen molar-refractivity contribution < 1.29 is 4.79 Å². The van der Waals surface area contributed by atoms with Gasteiger partial charge in [-0.25, -0.2) is 9.97 Å². The summed E-state index contributed by atoms with van der Waals surface area (Å²) in [6, 6.07) is 8.18. The van der Waals surface area contributed by atoms with Crippen LogP contribution in [0.5, 0.6) is 0 Å². The van der Waals surface area contributed by atoms with Crippen molar-refractivity contribution in [2.24, 2.45) is 5.92 Å². The van der Waals surface area contributed by atoms with E-state index in [1.54, 1.807) is 6.20 Å². The normalized spacial score (nSPS) is 14.2. The first-order valence-electron chi connectivity index (χ1n) is 7.84. The first kappa shape index (κ1) is 13.9. The van der Waals surface area contributed by atoms with Gasteiger partial charge in [-0.2, -0.15) is 0 Å². The first-order chi connectivity index (χ1) is 11.1. The summed E-state index contributed by atoms with van der Waals surface area (Å²) in [6.07, 6.45) is 3.62. The van der Waals surface area contributed by atoms with Crippen LogP contribution in [0.3, 0.4) is 0 Å². The van der Waals surface area contributed by atoms with Gasteiger partial charge in [0.05, 0.1) is 5.52 Å². The summed E-state index contributed by atoms with van der Waals surface area (Å²) in [7, 11) is 0. The molecule has 0 aliphatic heterocycles. The fourth-order valence-electron chi connectivity index (χ4n) is 2.84. The van der Waals surface area contributed by atoms with Crippen LogP contribution in [-0.2, 0) is 4.79 Å². The highest BCUT2D eigenvalue weighted by molar-refractivity contribution is 6.00. The van der Waals surface area contributed by atoms with Crippen LogP contribution in [0.25, 0.3) is 22.4 Å². The number of aromatic amines is 1. The van der Waals surface area contributed by atoms with Gasteiger partial charge in [0.2, 0.25) is 5.91 Å². The molecular formula is C18H18N4O. The standard InChI is InChI=1S/C18H18N4O/c1-10-7-11(2)9-13(8-10)16-20-14-5-6-19-17(15(14)21-16)22-18(23)12-3-4-12/h5-9,12H,3-4H2,1-2H3,(H,20,21)(H,19,22,23). The number of nitrogens with zero attached hydrogens (tertiary/aromatic N) is 2. The summed E-state index contributed by atoms with van der Waals surface area (Å²) in [5, 5.41) is 2.91. The average molecular weight is 306 g/mol. The van der Waals surface area contributed by atoms with Gasteiger partial charge < -0.3 is 10.3 Å². The Morgan fingerprint density at radius 3 is 2.65 bits per heavy atom. The lowest BCUT2D eigenvalue weighted by atomic mass is 10.1. The minimum absolute atomic E-state index is 0.0487. The molecule has 4 rings (SSSR count). The maximum atomic E-state index is 12.0. The van der Waals surface area contributed by atoms with Gasteiger partial charge in [0.15, 0.2) is 5.82 Å². The highest BCUT2D eigenvalue weighted by Gasteiger charge is 2.30. The summed E-state index contributed by atoms with van der Waals surface area (Å²) >= 11 is 0. The Morgan fingerprint density at radius 1 is 1.22 bits per heavy atom. The number of benzene rings is 1. The molecule has 0 saturated heterocycles. The Hall–Kier alpha value is -2.69. The van der Waals surface area contributed by atoms with Crippen LogP contribution in [0.15, 0.2) is 30.5 Å². The second-order valence-corrected chi connectivity index (χ2v) is 6.28. The minimum Gasteiger partial charge on any atom is -0.335 e. The molecule has 2 aromatic heterocycles. The molecule has 1 fully saturated rings. The summed E-state index contributed by atoms with van der Waals surface area (Å²) in [5.74, 6) is 1.55. The van der Waals surface area contributed by atoms with E-state index in [9.17, 15) is 4.79 Å². The molecule has 2 N–H and O–H groups in total. The lowest BCUT2D eigenvalue weighted by molar-refractivity contribution is -0.117. The Morgan fingerprint density at radius 2 is 1.96 bits per heavy atom. The smallest absolute Gasteiger partial charge is 0.228 e. The lowest BCUT2D eigenvalue weighted by Crippen LogP contribution is -2.14. The molecule has 116 valence electrons. The number of rotatable bonds is 3. The van der Waals surface area contributed by atoms with E-state index in [1.807, 2.05) is 6.07 Å². The van der Waals surface area contributed by atoms with E-state index in [4.69, 9.17) is 0 Å². The highest BCUT2D eigenvalue weighted by atomic mass is 16.2. The van der Waals surface area contributed by atoms with Crippen LogP contribution < -0.4 is 5.32 Å². The Labute approximate surface area is 134 Å². The number of carbonyl (C=O) groups excluding carboxylic acids is 1. The van der Waals surface area contributed by atoms with Crippen molar-refractivity contribution in [1.29, 1.82) is 0 Å². The zero-order valence-electron chi connectivity index (χ0n) is 13.2. The number of imidazole rings is 1. The van der Waals surface area contributed by atoms with Crippen LogP contribution in [0.1, 0.15) is 24.0 Å². The molecule has 1 saturated carbocycles. The van der Waals surface area contributed by atoms with Crippen molar-refractivity contribution in [3.63, 3.8) is 0 Å². The molecule has 0 spiro atoms. The van der Waals surface area contributed by atoms with Crippen molar-refractivity contribution in [1.82, 2.24) is 15.0 Å². The molecule has 1 aromatic carbocycles. The Bertz CT molecular complexity index is 888. The van der Waals surface area contributed by atoms with Crippen LogP contribution in [0.4, 0.5) is 5.82 Å². The van der Waals surface area contributed by atoms with Crippen molar-refractivity contribution in [2.75, 3.05) is 5.32 Å². The number of hydrogen-bond acceptors (Lipinski definition) is 3. The largest absolute Gasteiger partial charge is 0.335 e. The van der Waals surface area contributed by atoms with Crippen LogP contribution in [0, 0.1) is 19.8 Å². The predicted molar refractivity (Wildman–Crippen MR) is 90.2 cm³/mol. The number of nitrogens with one attached hydrogen (secondary N) is 2. The van der Waals surface area contributed by atoms with Crippen LogP contribution >= 0.6 is 0 Å². The van der Waals surface area contributed by atoms with Gasteiger partial charge in [-0.1, -0.05) is 17.2 Å². The third kappa shape index (κ3) is 2.70. The molecule has 23 heavy (non-hydrogen) atoms. The maximum absolute atomic E-state index is 12.0. The molecule has 0 atom stereocenters. The van der Waals surface area contributed by atoms with E-state index in [0.717, 1.165) is 35.3 Å². The van der Waals surface area contributed by atoms with E-state index in [0.29, 0.717) is 5.82 Å². The number of hydrogen-bond donors (Lipinski definition) is 2. The van der Waals surface area contributed by atoms with E-state index in [-0.39, 0.29) is 11.8 Å². The summed E-state index contributed by atoms with van der Waals surface area (Å²) < 4.78 is 0. The van der Waals surface area contributed by atoms with Gasteiger partial charge in [-0.3, -0.25) is 4.79 Å². The molecule has 5 nitrogen and oxygen atoms in total. The van der Waals surface area contributed by atoms with Gasteiger partial charge in [-0.05, 0) is 44.9 Å². The van der Waals surface area contributed by atoms with Gasteiger partial charge in [0.25, 0.3) is 0 Å². The number of H-pyrrole nitrogens is 1. The van der Waals surface area contributed by atoms with Crippen LogP contribution in [-0.4, -0.2) is 20.9 Å². The number of fused-ring (bicyclic) bond motifs is 1. The number of aryl methyl sites for hydroxylation is 2. The van der Waals surface area contributed by atoms with Crippen molar-refractivity contribution in [2.45, 2.75) is 26.7 Å². The third-order valence-corrected chi connectivity index (χ3v) is 4.09. The maximum Gasteiger partial charge on any atom is 0.228 e. The molecule has 0 bridgehead atoms. The van der Waals surface area contributed by atoms with Gasteiger partial charge in [0.1, 0.15) is 11.3 Å². The molecular weight excluding hydrogens is 288 g/mol. The van der Waals surface area contributed by atoms with Crippen molar-refractivity contribution in [3.05, 3.63) is 41.6 Å². The van der Waals surface area contributed by atoms with E-state index in [2.05, 4.69) is 52.3 Å². The number of amides is 1. The Balaban J connectivity index is 1.76. The van der Waals surface area contributed by atoms with Crippen LogP contribution in [0.2, 0.25) is 0 Å². The quantitative estimate of drug-likeness (QED) is 0.777. The molecule has 1 aliphatic carbocycles. The first-order valence-corrected chi connectivity index (χ1v) is 7.84. The number of carbonyl (C=O) groups is 1. The van der Waals surface area contributed by atoms with Crippen molar-refractivity contribution in [3.8, 4) is 11.4 Å². The predicted octanol–water partition coefficient (Wildman–Crippen LogP) is 3.59. The molecule has 1 amide bonds. The zero-order valence-corrected chi connectivity index (χ0v) is 13.2. The molecule has 0 radical (unpaired) electrons. The number of pyridine rings is 1. The highest BCUT2D eigenvalue weighted by Crippen LogP contribution is 2.31. The zero-order chi connectivity index (χ0) is 16.0. The van der Waals surface area contributed by atoms with E-state index >= 15 is 0 Å². The van der Waals surface area contributed by atoms with Gasteiger partial charge >= 0.3 is 0 Å². The summed E-state index contributed by atoms with van der Waals surface area (Å²) in [6.45, 7) is 4.14. The number of anilines is 1. The average Bonchev–Trinajstić information content (AvgIpc) is 3.25. The second-order valence-electron chi connectivity index (χ2n) is 6.28. The van der Waals surface area contributed by atoms with Gasteiger partial charge in [-0.15, -0.1) is 0 Å². The third-order valence-electron chi connectivity index (χ3n) is 4.09.